The van der Waals surface area contributed by atoms with E-state index in [1.165, 1.54) is 67.4 Å². The second kappa shape index (κ2) is 15.2. The number of carbonyl (C=O) groups excluding carboxylic acids is 2. The fourth-order valence-corrected chi connectivity index (χ4v) is 6.64. The normalized spacial score (nSPS) is 14.7. The monoisotopic (exact) mass is 626 g/mol. The second-order valence-corrected chi connectivity index (χ2v) is 13.4. The third-order valence-electron chi connectivity index (χ3n) is 5.96. The molecule has 12 nitrogen and oxygen atoms in total. The number of sulfonamides is 2. The van der Waals surface area contributed by atoms with Gasteiger partial charge in [0.05, 0.1) is 16.9 Å². The number of aliphatic imine (C=N–C) groups is 1. The first-order valence-electron chi connectivity index (χ1n) is 12.8. The number of methoxy groups -OCH3 is 1. The van der Waals surface area contributed by atoms with Gasteiger partial charge >= 0.3 is 5.97 Å². The number of hydrogen-bond donors (Lipinski definition) is 3. The number of thioether (sulfide) groups is 1. The van der Waals surface area contributed by atoms with Crippen LogP contribution in [0, 0.1) is 0 Å². The molecule has 0 aliphatic carbocycles. The highest BCUT2D eigenvalue weighted by Gasteiger charge is 2.27. The van der Waals surface area contributed by atoms with Crippen molar-refractivity contribution in [3.05, 3.63) is 48.5 Å². The molecule has 1 heterocycles. The van der Waals surface area contributed by atoms with Crippen molar-refractivity contribution >= 4 is 55.2 Å². The van der Waals surface area contributed by atoms with Gasteiger partial charge in [-0.05, 0) is 73.7 Å². The van der Waals surface area contributed by atoms with Crippen LogP contribution in [-0.2, 0) is 34.4 Å². The van der Waals surface area contributed by atoms with Crippen LogP contribution >= 0.6 is 11.8 Å². The van der Waals surface area contributed by atoms with Crippen LogP contribution in [0.15, 0.2) is 63.3 Å². The maximum Gasteiger partial charge on any atom is 0.324 e. The lowest BCUT2D eigenvalue weighted by atomic mass is 10.2. The molecule has 0 radical (unpaired) electrons. The number of carbonyl (C=O) groups is 2. The average Bonchev–Trinajstić information content (AvgIpc) is 3.22. The number of nitrogens with zero attached hydrogens (tertiary/aromatic N) is 1. The lowest BCUT2D eigenvalue weighted by molar-refractivity contribution is -0.149. The fourth-order valence-electron chi connectivity index (χ4n) is 3.82. The topological polar surface area (TPSA) is 169 Å². The van der Waals surface area contributed by atoms with Crippen LogP contribution in [0.1, 0.15) is 32.1 Å². The largest absolute Gasteiger partial charge is 0.497 e. The van der Waals surface area contributed by atoms with Gasteiger partial charge in [0.2, 0.25) is 10.0 Å². The molecule has 41 heavy (non-hydrogen) atoms. The minimum Gasteiger partial charge on any atom is -0.497 e. The van der Waals surface area contributed by atoms with Gasteiger partial charge in [0.1, 0.15) is 17.6 Å². The predicted octanol–water partition coefficient (Wildman–Crippen LogP) is 2.53. The molecule has 15 heteroatoms. The number of hydrogen-bond acceptors (Lipinski definition) is 10. The summed E-state index contributed by atoms with van der Waals surface area (Å²) < 4.78 is 66.4. The minimum atomic E-state index is -4.07. The van der Waals surface area contributed by atoms with Crippen LogP contribution in [-0.4, -0.2) is 72.9 Å². The zero-order valence-corrected chi connectivity index (χ0v) is 25.2. The number of nitrogens with one attached hydrogen (secondary N) is 3. The van der Waals surface area contributed by atoms with Gasteiger partial charge in [0, 0.05) is 18.7 Å². The molecule has 3 rings (SSSR count). The third-order valence-corrected chi connectivity index (χ3v) is 9.47. The maximum absolute atomic E-state index is 12.8. The van der Waals surface area contributed by atoms with Crippen molar-refractivity contribution in [3.8, 4) is 5.75 Å². The first-order valence-corrected chi connectivity index (χ1v) is 17.2. The molecule has 3 N–H and O–H groups in total. The molecule has 1 atom stereocenters. The zero-order chi connectivity index (χ0) is 29.9. The summed E-state index contributed by atoms with van der Waals surface area (Å²) >= 11 is 1.42. The van der Waals surface area contributed by atoms with Gasteiger partial charge in [-0.1, -0.05) is 12.5 Å². The van der Waals surface area contributed by atoms with Crippen LogP contribution in [0.2, 0.25) is 0 Å². The van der Waals surface area contributed by atoms with Gasteiger partial charge in [-0.25, -0.2) is 16.8 Å². The van der Waals surface area contributed by atoms with Crippen molar-refractivity contribution in [2.45, 2.75) is 47.9 Å². The Morgan fingerprint density at radius 1 is 1.00 bits per heavy atom. The number of anilines is 1. The Kier molecular flexibility index (Phi) is 12.0. The number of amides is 1. The Balaban J connectivity index is 1.60. The smallest absolute Gasteiger partial charge is 0.324 e. The molecule has 1 aliphatic heterocycles. The molecule has 0 saturated carbocycles. The minimum absolute atomic E-state index is 0.0616. The first kappa shape index (κ1) is 32.4. The molecule has 0 fully saturated rings. The van der Waals surface area contributed by atoms with Crippen molar-refractivity contribution in [2.75, 3.05) is 37.6 Å². The summed E-state index contributed by atoms with van der Waals surface area (Å²) in [6, 6.07) is 10.1. The summed E-state index contributed by atoms with van der Waals surface area (Å²) in [6.07, 6.45) is 5.21. The quantitative estimate of drug-likeness (QED) is 0.283. The summed E-state index contributed by atoms with van der Waals surface area (Å²) in [5, 5.41) is 2.50. The van der Waals surface area contributed by atoms with Gasteiger partial charge in [-0.2, -0.15) is 16.5 Å². The van der Waals surface area contributed by atoms with Gasteiger partial charge in [-0.3, -0.25) is 19.3 Å². The lowest BCUT2D eigenvalue weighted by Gasteiger charge is -2.17. The summed E-state index contributed by atoms with van der Waals surface area (Å²) in [6.45, 7) is -0.140. The van der Waals surface area contributed by atoms with Crippen molar-refractivity contribution in [1.29, 1.82) is 0 Å². The molecule has 2 aromatic carbocycles. The molecule has 1 aliphatic rings. The summed E-state index contributed by atoms with van der Waals surface area (Å²) in [4.78, 5) is 29.4. The molecule has 0 aromatic heterocycles. The van der Waals surface area contributed by atoms with Gasteiger partial charge in [-0.15, -0.1) is 0 Å². The molecule has 0 saturated heterocycles. The van der Waals surface area contributed by atoms with Gasteiger partial charge in [0.25, 0.3) is 15.9 Å². The van der Waals surface area contributed by atoms with Crippen LogP contribution in [0.4, 0.5) is 5.69 Å². The standard InChI is InChI=1S/C26H34N4O8S3/c1-37-20-10-12-21(13-11-20)40(33,34)29-23(14-16-39-2)26(32)38-18-25(31)28-19-7-6-8-22(17-19)41(35,36)30-24-9-4-3-5-15-27-24/h6-8,10-13,17,23,29H,3-5,9,14-16,18H2,1-2H3,(H,27,30)(H,28,31)/t23-/m1/s1. The lowest BCUT2D eigenvalue weighted by Crippen LogP contribution is -2.43. The highest BCUT2D eigenvalue weighted by Crippen LogP contribution is 2.18. The number of benzene rings is 2. The molecule has 2 aromatic rings. The third kappa shape index (κ3) is 10.0. The van der Waals surface area contributed by atoms with E-state index >= 15 is 0 Å². The van der Waals surface area contributed by atoms with Crippen LogP contribution in [0.5, 0.6) is 5.75 Å². The Labute approximate surface area is 244 Å². The van der Waals surface area contributed by atoms with E-state index in [1.54, 1.807) is 0 Å². The molecular formula is C26H34N4O8S3. The SMILES string of the molecule is COc1ccc(S(=O)(=O)N[C@H](CCSC)C(=O)OCC(=O)Nc2cccc(S(=O)(=O)NC3=NCCCCC3)c2)cc1. The molecular weight excluding hydrogens is 593 g/mol. The van der Waals surface area contributed by atoms with Crippen molar-refractivity contribution < 1.29 is 35.9 Å². The van der Waals surface area contributed by atoms with Crippen molar-refractivity contribution in [1.82, 2.24) is 9.44 Å². The average molecular weight is 627 g/mol. The van der Waals surface area contributed by atoms with E-state index in [-0.39, 0.29) is 21.9 Å². The number of amidine groups is 1. The Morgan fingerprint density at radius 3 is 2.46 bits per heavy atom. The van der Waals surface area contributed by atoms with Crippen molar-refractivity contribution in [3.63, 3.8) is 0 Å². The first-order chi connectivity index (χ1) is 19.5. The predicted molar refractivity (Wildman–Crippen MR) is 157 cm³/mol. The van der Waals surface area contributed by atoms with E-state index in [0.717, 1.165) is 19.3 Å². The highest BCUT2D eigenvalue weighted by atomic mass is 32.2. The summed E-state index contributed by atoms with van der Waals surface area (Å²) in [5.41, 5.74) is 0.177. The van der Waals surface area contributed by atoms with E-state index in [9.17, 15) is 26.4 Å². The molecule has 1 amide bonds. The summed E-state index contributed by atoms with van der Waals surface area (Å²) in [5.74, 6) is -0.311. The maximum atomic E-state index is 12.8. The van der Waals surface area contributed by atoms with Crippen LogP contribution in [0.3, 0.4) is 0 Å². The zero-order valence-electron chi connectivity index (χ0n) is 22.8. The number of ether oxygens (including phenoxy) is 2. The van der Waals surface area contributed by atoms with E-state index in [0.29, 0.717) is 30.3 Å². The fraction of sp³-hybridized carbons (Fsp3) is 0.423. The van der Waals surface area contributed by atoms with E-state index in [2.05, 4.69) is 19.8 Å². The molecule has 0 unspecified atom stereocenters. The van der Waals surface area contributed by atoms with Gasteiger partial charge in [0.15, 0.2) is 6.61 Å². The second-order valence-electron chi connectivity index (χ2n) is 9.06. The van der Waals surface area contributed by atoms with Crippen molar-refractivity contribution in [2.24, 2.45) is 4.99 Å². The highest BCUT2D eigenvalue weighted by molar-refractivity contribution is 7.98. The van der Waals surface area contributed by atoms with Crippen LogP contribution < -0.4 is 19.5 Å². The van der Waals surface area contributed by atoms with E-state index in [4.69, 9.17) is 9.47 Å². The summed E-state index contributed by atoms with van der Waals surface area (Å²) in [7, 11) is -6.53. The molecule has 0 spiro atoms. The molecule has 224 valence electrons. The van der Waals surface area contributed by atoms with E-state index in [1.807, 2.05) is 6.26 Å². The Morgan fingerprint density at radius 2 is 1.76 bits per heavy atom. The Bertz CT molecular complexity index is 1450. The Hall–Kier alpha value is -3.14. The number of rotatable bonds is 13. The van der Waals surface area contributed by atoms with E-state index < -0.39 is 44.6 Å². The number of esters is 1. The molecule has 0 bridgehead atoms. The van der Waals surface area contributed by atoms with Gasteiger partial charge < -0.3 is 14.8 Å². The van der Waals surface area contributed by atoms with Crippen LogP contribution in [0.25, 0.3) is 0 Å².